The van der Waals surface area contributed by atoms with Crippen molar-refractivity contribution in [3.8, 4) is 5.75 Å². The minimum Gasteiger partial charge on any atom is -0.508 e. The van der Waals surface area contributed by atoms with Crippen LogP contribution < -0.4 is 4.90 Å². The Kier molecular flexibility index (Phi) is 4.44. The van der Waals surface area contributed by atoms with E-state index in [-0.39, 0.29) is 19.0 Å². The predicted molar refractivity (Wildman–Crippen MR) is 71.0 cm³/mol. The van der Waals surface area contributed by atoms with Crippen LogP contribution in [-0.4, -0.2) is 41.1 Å². The standard InChI is InChI=1S/C14H21NO3/c16-6-3-11-8-13(10-14(18)9-11)15-5-1-2-12(15)4-7-17/h8-10,12,16-18H,1-7H2. The van der Waals surface area contributed by atoms with Crippen LogP contribution in [0.5, 0.6) is 5.75 Å². The average Bonchev–Trinajstić information content (AvgIpc) is 2.77. The van der Waals surface area contributed by atoms with Crippen LogP contribution in [0.4, 0.5) is 5.69 Å². The van der Waals surface area contributed by atoms with E-state index in [1.54, 1.807) is 12.1 Å². The molecule has 1 aliphatic heterocycles. The van der Waals surface area contributed by atoms with Crippen molar-refractivity contribution < 1.29 is 15.3 Å². The van der Waals surface area contributed by atoms with Crippen molar-refractivity contribution in [1.82, 2.24) is 0 Å². The Balaban J connectivity index is 2.20. The molecule has 3 N–H and O–H groups in total. The Hall–Kier alpha value is -1.26. The highest BCUT2D eigenvalue weighted by Gasteiger charge is 2.24. The lowest BCUT2D eigenvalue weighted by Gasteiger charge is -2.27. The molecule has 0 aliphatic carbocycles. The van der Waals surface area contributed by atoms with Gasteiger partial charge in [0.25, 0.3) is 0 Å². The van der Waals surface area contributed by atoms with Gasteiger partial charge in [-0.25, -0.2) is 0 Å². The predicted octanol–water partition coefficient (Wildman–Crippen LogP) is 1.28. The molecule has 1 unspecified atom stereocenters. The average molecular weight is 251 g/mol. The summed E-state index contributed by atoms with van der Waals surface area (Å²) in [6, 6.07) is 5.83. The molecule has 1 aromatic carbocycles. The first kappa shape index (κ1) is 13.2. The summed E-state index contributed by atoms with van der Waals surface area (Å²) in [6.45, 7) is 1.25. The Labute approximate surface area is 107 Å². The molecule has 0 bridgehead atoms. The first-order chi connectivity index (χ1) is 8.74. The summed E-state index contributed by atoms with van der Waals surface area (Å²) in [7, 11) is 0. The van der Waals surface area contributed by atoms with Crippen LogP contribution in [0, 0.1) is 0 Å². The molecular weight excluding hydrogens is 230 g/mol. The van der Waals surface area contributed by atoms with E-state index in [2.05, 4.69) is 4.90 Å². The number of nitrogens with zero attached hydrogens (tertiary/aromatic N) is 1. The number of rotatable bonds is 5. The van der Waals surface area contributed by atoms with Crippen molar-refractivity contribution in [2.75, 3.05) is 24.7 Å². The Morgan fingerprint density at radius 2 is 2.00 bits per heavy atom. The number of anilines is 1. The van der Waals surface area contributed by atoms with Gasteiger partial charge >= 0.3 is 0 Å². The van der Waals surface area contributed by atoms with Gasteiger partial charge in [-0.05, 0) is 43.4 Å². The zero-order chi connectivity index (χ0) is 13.0. The molecule has 1 saturated heterocycles. The molecule has 0 amide bonds. The highest BCUT2D eigenvalue weighted by atomic mass is 16.3. The first-order valence-electron chi connectivity index (χ1n) is 6.56. The zero-order valence-corrected chi connectivity index (χ0v) is 10.5. The monoisotopic (exact) mass is 251 g/mol. The second kappa shape index (κ2) is 6.07. The molecule has 2 rings (SSSR count). The van der Waals surface area contributed by atoms with E-state index >= 15 is 0 Å². The Morgan fingerprint density at radius 1 is 1.17 bits per heavy atom. The maximum atomic E-state index is 9.74. The minimum atomic E-state index is 0.0863. The third-order valence-corrected chi connectivity index (χ3v) is 3.53. The van der Waals surface area contributed by atoms with Crippen molar-refractivity contribution in [3.63, 3.8) is 0 Å². The maximum Gasteiger partial charge on any atom is 0.117 e. The van der Waals surface area contributed by atoms with Gasteiger partial charge in [0.1, 0.15) is 5.75 Å². The molecule has 1 aromatic rings. The van der Waals surface area contributed by atoms with Crippen LogP contribution >= 0.6 is 0 Å². The van der Waals surface area contributed by atoms with Gasteiger partial charge in [-0.3, -0.25) is 0 Å². The van der Waals surface area contributed by atoms with Gasteiger partial charge in [-0.15, -0.1) is 0 Å². The molecule has 0 radical (unpaired) electrons. The number of aliphatic hydroxyl groups is 2. The third kappa shape index (κ3) is 2.94. The Bertz CT molecular complexity index is 395. The van der Waals surface area contributed by atoms with Gasteiger partial charge in [-0.2, -0.15) is 0 Å². The van der Waals surface area contributed by atoms with E-state index in [0.717, 1.165) is 37.1 Å². The summed E-state index contributed by atoms with van der Waals surface area (Å²) in [5.41, 5.74) is 1.94. The number of phenolic OH excluding ortho intramolecular Hbond substituents is 1. The summed E-state index contributed by atoms with van der Waals surface area (Å²) in [5.74, 6) is 0.241. The number of aromatic hydroxyl groups is 1. The van der Waals surface area contributed by atoms with E-state index in [9.17, 15) is 5.11 Å². The van der Waals surface area contributed by atoms with Crippen LogP contribution in [0.2, 0.25) is 0 Å². The summed E-state index contributed by atoms with van der Waals surface area (Å²) in [4.78, 5) is 2.25. The molecule has 0 saturated carbocycles. The van der Waals surface area contributed by atoms with Gasteiger partial charge in [0.05, 0.1) is 0 Å². The van der Waals surface area contributed by atoms with Crippen molar-refractivity contribution in [2.45, 2.75) is 31.7 Å². The molecule has 0 spiro atoms. The molecule has 0 aromatic heterocycles. The summed E-state index contributed by atoms with van der Waals surface area (Å²) in [5, 5.41) is 27.8. The van der Waals surface area contributed by atoms with Crippen LogP contribution in [0.3, 0.4) is 0 Å². The fourth-order valence-corrected chi connectivity index (χ4v) is 2.72. The molecule has 1 heterocycles. The summed E-state index contributed by atoms with van der Waals surface area (Å²) in [6.07, 6.45) is 3.53. The third-order valence-electron chi connectivity index (χ3n) is 3.53. The van der Waals surface area contributed by atoms with Crippen molar-refractivity contribution in [1.29, 1.82) is 0 Å². The summed E-state index contributed by atoms with van der Waals surface area (Å²) < 4.78 is 0. The molecule has 1 aliphatic rings. The Morgan fingerprint density at radius 3 is 2.72 bits per heavy atom. The van der Waals surface area contributed by atoms with E-state index in [1.165, 1.54) is 0 Å². The quantitative estimate of drug-likeness (QED) is 0.737. The van der Waals surface area contributed by atoms with E-state index in [4.69, 9.17) is 10.2 Å². The molecule has 1 fully saturated rings. The molecule has 1 atom stereocenters. The van der Waals surface area contributed by atoms with Crippen LogP contribution in [0.15, 0.2) is 18.2 Å². The maximum absolute atomic E-state index is 9.74. The summed E-state index contributed by atoms with van der Waals surface area (Å²) >= 11 is 0. The number of phenols is 1. The normalized spacial score (nSPS) is 19.4. The van der Waals surface area contributed by atoms with Crippen molar-refractivity contribution >= 4 is 5.69 Å². The largest absolute Gasteiger partial charge is 0.508 e. The smallest absolute Gasteiger partial charge is 0.117 e. The molecule has 100 valence electrons. The second-order valence-corrected chi connectivity index (χ2v) is 4.83. The van der Waals surface area contributed by atoms with Gasteiger partial charge in [-0.1, -0.05) is 0 Å². The number of benzene rings is 1. The van der Waals surface area contributed by atoms with Gasteiger partial charge < -0.3 is 20.2 Å². The first-order valence-corrected chi connectivity index (χ1v) is 6.56. The highest BCUT2D eigenvalue weighted by molar-refractivity contribution is 5.54. The molecule has 4 nitrogen and oxygen atoms in total. The van der Waals surface area contributed by atoms with Crippen LogP contribution in [0.25, 0.3) is 0 Å². The fraction of sp³-hybridized carbons (Fsp3) is 0.571. The lowest BCUT2D eigenvalue weighted by molar-refractivity contribution is 0.276. The fourth-order valence-electron chi connectivity index (χ4n) is 2.72. The lowest BCUT2D eigenvalue weighted by atomic mass is 10.1. The molecule has 4 heteroatoms. The van der Waals surface area contributed by atoms with Crippen LogP contribution in [0.1, 0.15) is 24.8 Å². The highest BCUT2D eigenvalue weighted by Crippen LogP contribution is 2.30. The van der Waals surface area contributed by atoms with Gasteiger partial charge in [0.15, 0.2) is 0 Å². The van der Waals surface area contributed by atoms with E-state index in [1.807, 2.05) is 6.07 Å². The molecule has 18 heavy (non-hydrogen) atoms. The number of aliphatic hydroxyl groups excluding tert-OH is 2. The van der Waals surface area contributed by atoms with Crippen molar-refractivity contribution in [2.24, 2.45) is 0 Å². The minimum absolute atomic E-state index is 0.0863. The molecular formula is C14H21NO3. The number of hydrogen-bond acceptors (Lipinski definition) is 4. The SMILES string of the molecule is OCCc1cc(O)cc(N2CCCC2CCO)c1. The number of hydrogen-bond donors (Lipinski definition) is 3. The van der Waals surface area contributed by atoms with E-state index in [0.29, 0.717) is 12.5 Å². The van der Waals surface area contributed by atoms with E-state index < -0.39 is 0 Å². The van der Waals surface area contributed by atoms with Crippen molar-refractivity contribution in [3.05, 3.63) is 23.8 Å². The van der Waals surface area contributed by atoms with Crippen LogP contribution in [-0.2, 0) is 6.42 Å². The zero-order valence-electron chi connectivity index (χ0n) is 10.5. The van der Waals surface area contributed by atoms with Gasteiger partial charge in [0, 0.05) is 37.6 Å². The van der Waals surface area contributed by atoms with Gasteiger partial charge in [0.2, 0.25) is 0 Å². The topological polar surface area (TPSA) is 63.9 Å². The lowest BCUT2D eigenvalue weighted by Crippen LogP contribution is -2.29. The second-order valence-electron chi connectivity index (χ2n) is 4.83.